The van der Waals surface area contributed by atoms with Crippen LogP contribution in [0.15, 0.2) is 18.2 Å². The summed E-state index contributed by atoms with van der Waals surface area (Å²) >= 11 is 11.3. The molecule has 5 rings (SSSR count). The molecule has 0 radical (unpaired) electrons. The first-order chi connectivity index (χ1) is 16.3. The molecule has 3 fully saturated rings. The van der Waals surface area contributed by atoms with Gasteiger partial charge in [-0.05, 0) is 86.2 Å². The number of rotatable bonds is 5. The summed E-state index contributed by atoms with van der Waals surface area (Å²) in [7, 11) is -2.59. The van der Waals surface area contributed by atoms with Crippen LogP contribution in [-0.2, 0) is 10.9 Å². The maximum Gasteiger partial charge on any atom is 0.431 e. The van der Waals surface area contributed by atoms with Crippen LogP contribution >= 0.6 is 31.2 Å². The number of nitrogens with one attached hydrogen (secondary N) is 1. The van der Waals surface area contributed by atoms with E-state index >= 15 is 0 Å². The number of alkyl halides is 2. The molecule has 1 heterocycles. The molecule has 1 aromatic rings. The van der Waals surface area contributed by atoms with Crippen molar-refractivity contribution in [3.63, 3.8) is 0 Å². The van der Waals surface area contributed by atoms with Gasteiger partial charge in [-0.1, -0.05) is 30.7 Å². The van der Waals surface area contributed by atoms with Crippen molar-refractivity contribution in [3.05, 3.63) is 34.9 Å². The van der Waals surface area contributed by atoms with Crippen molar-refractivity contribution in [1.29, 1.82) is 0 Å². The first-order valence-corrected chi connectivity index (χ1v) is 15.7. The third-order valence-corrected chi connectivity index (χ3v) is 11.5. The number of halogens is 2. The van der Waals surface area contributed by atoms with Crippen LogP contribution in [0, 0.1) is 24.2 Å². The lowest BCUT2D eigenvalue weighted by atomic mass is 9.55. The predicted molar refractivity (Wildman–Crippen MR) is 143 cm³/mol. The number of fused-ring (bicyclic) bond motifs is 5. The molecule has 4 aliphatic rings. The topological polar surface area (TPSA) is 65.0 Å². The lowest BCUT2D eigenvalue weighted by Gasteiger charge is -2.50. The summed E-state index contributed by atoms with van der Waals surface area (Å²) in [6.07, 6.45) is 8.25. The Hall–Kier alpha value is 0.0300. The van der Waals surface area contributed by atoms with Gasteiger partial charge in [0.05, 0.1) is 25.8 Å². The van der Waals surface area contributed by atoms with E-state index in [4.69, 9.17) is 27.7 Å². The van der Waals surface area contributed by atoms with Gasteiger partial charge in [-0.25, -0.2) is 0 Å². The fourth-order valence-electron chi connectivity index (χ4n) is 6.98. The van der Waals surface area contributed by atoms with Crippen LogP contribution in [0.25, 0.3) is 0 Å². The molecule has 2 saturated carbocycles. The van der Waals surface area contributed by atoms with Crippen LogP contribution in [0.1, 0.15) is 68.1 Å². The second-order valence-electron chi connectivity index (χ2n) is 10.7. The van der Waals surface area contributed by atoms with Gasteiger partial charge in [-0.3, -0.25) is 0 Å². The summed E-state index contributed by atoms with van der Waals surface area (Å²) in [5, 5.41) is 13.4. The third-order valence-electron chi connectivity index (χ3n) is 8.81. The number of aliphatic hydroxyl groups excluding tert-OH is 1. The van der Waals surface area contributed by atoms with Crippen LogP contribution in [0.2, 0.25) is 0 Å². The van der Waals surface area contributed by atoms with E-state index in [0.29, 0.717) is 31.5 Å². The molecule has 192 valence electrons. The highest BCUT2D eigenvalue weighted by Crippen LogP contribution is 2.61. The molecule has 0 aromatic heterocycles. The Balaban J connectivity index is 0.000000173. The van der Waals surface area contributed by atoms with E-state index in [-0.39, 0.29) is 11.5 Å². The fraction of sp³-hybridized carbons (Fsp3) is 0.769. The number of aliphatic hydroxyl groups is 1. The molecule has 1 saturated heterocycles. The minimum atomic E-state index is -2.59. The van der Waals surface area contributed by atoms with Gasteiger partial charge in [0.1, 0.15) is 0 Å². The molecule has 6 unspecified atom stereocenters. The van der Waals surface area contributed by atoms with Crippen molar-refractivity contribution >= 4 is 31.2 Å². The van der Waals surface area contributed by atoms with E-state index in [9.17, 15) is 10.00 Å². The van der Waals surface area contributed by atoms with Gasteiger partial charge in [-0.2, -0.15) is 9.42 Å². The van der Waals surface area contributed by atoms with Crippen molar-refractivity contribution in [2.24, 2.45) is 17.3 Å². The highest BCUT2D eigenvalue weighted by atomic mass is 35.5. The smallest absolute Gasteiger partial charge is 0.393 e. The SMILES string of the molecule is Cc1ccc2c(c1)CCC1C2CCC2(C)C(O)CCC12.O[P+]1(N(CCCl)CCCl)NCCCO1. The predicted octanol–water partition coefficient (Wildman–Crippen LogP) is 5.66. The Kier molecular flexibility index (Phi) is 9.24. The van der Waals surface area contributed by atoms with Crippen LogP contribution < -0.4 is 5.09 Å². The summed E-state index contributed by atoms with van der Waals surface area (Å²) < 4.78 is 7.21. The number of aryl methyl sites for hydroxylation is 2. The van der Waals surface area contributed by atoms with Crippen LogP contribution in [0.5, 0.6) is 0 Å². The van der Waals surface area contributed by atoms with Crippen molar-refractivity contribution in [1.82, 2.24) is 9.76 Å². The molecule has 0 spiro atoms. The second-order valence-corrected chi connectivity index (χ2v) is 13.7. The first-order valence-electron chi connectivity index (χ1n) is 13.0. The molecule has 1 aromatic carbocycles. The number of benzene rings is 1. The van der Waals surface area contributed by atoms with E-state index in [1.54, 1.807) is 11.1 Å². The Morgan fingerprint density at radius 1 is 1.18 bits per heavy atom. The van der Waals surface area contributed by atoms with Crippen LogP contribution in [0.3, 0.4) is 0 Å². The lowest BCUT2D eigenvalue weighted by Crippen LogP contribution is -2.43. The van der Waals surface area contributed by atoms with E-state index < -0.39 is 8.02 Å². The fourth-order valence-corrected chi connectivity index (χ4v) is 9.65. The number of nitrogens with zero attached hydrogens (tertiary/aromatic N) is 1. The van der Waals surface area contributed by atoms with Crippen LogP contribution in [0.4, 0.5) is 0 Å². The standard InChI is InChI=1S/C19H26O.C7H16Cl2N2O2P/c1-12-3-5-14-13(11-12)4-6-16-15(14)9-10-19(2)17(16)7-8-18(19)20;8-2-5-11(6-3-9)14(12)10-4-1-7-13-14/h3,5,11,15-18,20H,4,6-10H2,1-2H3;10,12H,1-7H2/q;+1. The highest BCUT2D eigenvalue weighted by Gasteiger charge is 2.54. The van der Waals surface area contributed by atoms with Gasteiger partial charge in [0, 0.05) is 18.3 Å². The molecule has 6 atom stereocenters. The van der Waals surface area contributed by atoms with Crippen molar-refractivity contribution in [2.75, 3.05) is 38.0 Å². The molecule has 3 N–H and O–H groups in total. The molecule has 5 nitrogen and oxygen atoms in total. The summed E-state index contributed by atoms with van der Waals surface area (Å²) in [6, 6.07) is 7.09. The minimum absolute atomic E-state index is 0.0483. The molecule has 8 heteroatoms. The normalized spacial score (nSPS) is 36.8. The van der Waals surface area contributed by atoms with Crippen LogP contribution in [-0.4, -0.2) is 58.8 Å². The monoisotopic (exact) mass is 531 g/mol. The van der Waals surface area contributed by atoms with Crippen molar-refractivity contribution in [2.45, 2.75) is 70.8 Å². The van der Waals surface area contributed by atoms with Crippen molar-refractivity contribution < 1.29 is 14.5 Å². The average Bonchev–Trinajstić information content (AvgIpc) is 3.14. The Bertz CT molecular complexity index is 819. The summed E-state index contributed by atoms with van der Waals surface area (Å²) in [6.45, 7) is 7.12. The Labute approximate surface area is 216 Å². The van der Waals surface area contributed by atoms with E-state index in [1.807, 2.05) is 4.67 Å². The Morgan fingerprint density at radius 2 is 1.94 bits per heavy atom. The Morgan fingerprint density at radius 3 is 2.62 bits per heavy atom. The zero-order valence-corrected chi connectivity index (χ0v) is 23.1. The second kappa shape index (κ2) is 11.6. The zero-order chi connectivity index (χ0) is 24.3. The van der Waals surface area contributed by atoms with Crippen molar-refractivity contribution in [3.8, 4) is 0 Å². The van der Waals surface area contributed by atoms with E-state index in [0.717, 1.165) is 37.1 Å². The molecule has 0 amide bonds. The van der Waals surface area contributed by atoms with Gasteiger partial charge < -0.3 is 5.11 Å². The maximum absolute atomic E-state index is 10.4. The lowest BCUT2D eigenvalue weighted by molar-refractivity contribution is -0.0226. The maximum atomic E-state index is 10.4. The molecule has 34 heavy (non-hydrogen) atoms. The van der Waals surface area contributed by atoms with Gasteiger partial charge >= 0.3 is 8.02 Å². The summed E-state index contributed by atoms with van der Waals surface area (Å²) in [4.78, 5) is 10.2. The average molecular weight is 533 g/mol. The summed E-state index contributed by atoms with van der Waals surface area (Å²) in [5.74, 6) is 3.27. The highest BCUT2D eigenvalue weighted by molar-refractivity contribution is 7.61. The molecular formula is C26H42Cl2N2O3P+. The van der Waals surface area contributed by atoms with Gasteiger partial charge in [-0.15, -0.1) is 33.0 Å². The molecule has 0 bridgehead atoms. The first kappa shape index (κ1) is 27.1. The van der Waals surface area contributed by atoms with E-state index in [1.165, 1.54) is 37.7 Å². The third kappa shape index (κ3) is 5.48. The minimum Gasteiger partial charge on any atom is -0.393 e. The van der Waals surface area contributed by atoms with Gasteiger partial charge in [0.15, 0.2) is 0 Å². The summed E-state index contributed by atoms with van der Waals surface area (Å²) in [5.41, 5.74) is 4.85. The number of hydrogen-bond acceptors (Lipinski definition) is 5. The van der Waals surface area contributed by atoms with Gasteiger partial charge in [0.2, 0.25) is 0 Å². The number of hydrogen-bond donors (Lipinski definition) is 3. The molecule has 3 aliphatic carbocycles. The molecular weight excluding hydrogens is 490 g/mol. The quantitative estimate of drug-likeness (QED) is 0.338. The van der Waals surface area contributed by atoms with E-state index in [2.05, 4.69) is 37.1 Å². The molecule has 1 aliphatic heterocycles. The largest absolute Gasteiger partial charge is 0.431 e. The van der Waals surface area contributed by atoms with Gasteiger partial charge in [0.25, 0.3) is 0 Å². The zero-order valence-electron chi connectivity index (χ0n) is 20.7.